The molecule has 2 aromatic heterocycles. The summed E-state index contributed by atoms with van der Waals surface area (Å²) in [4.78, 5) is 13.9. The second-order valence-corrected chi connectivity index (χ2v) is 6.11. The standard InChI is InChI=1S/C14H22N6O2S.HI/c1-5-21-10(3)13-19-11(22-20-13)7-17-14(15-4)18-8-12-16-6-9(2)23-12;/h6,10H,5,7-8H2,1-4H3,(H2,15,17,18);1H. The van der Waals surface area contributed by atoms with Gasteiger partial charge in [0.05, 0.1) is 13.1 Å². The number of aryl methyl sites for hydroxylation is 1. The Hall–Kier alpha value is -1.27. The summed E-state index contributed by atoms with van der Waals surface area (Å²) in [7, 11) is 1.71. The molecule has 2 rings (SSSR count). The zero-order valence-corrected chi connectivity index (χ0v) is 17.3. The molecule has 0 fully saturated rings. The summed E-state index contributed by atoms with van der Waals surface area (Å²) in [6.45, 7) is 7.47. The Bertz CT molecular complexity index is 645. The van der Waals surface area contributed by atoms with Crippen LogP contribution in [0.25, 0.3) is 0 Å². The minimum Gasteiger partial charge on any atom is -0.371 e. The number of halogens is 1. The Morgan fingerprint density at radius 3 is 2.79 bits per heavy atom. The highest BCUT2D eigenvalue weighted by atomic mass is 127. The smallest absolute Gasteiger partial charge is 0.246 e. The van der Waals surface area contributed by atoms with Crippen LogP contribution in [0.4, 0.5) is 0 Å². The highest BCUT2D eigenvalue weighted by molar-refractivity contribution is 14.0. The van der Waals surface area contributed by atoms with Gasteiger partial charge in [0.25, 0.3) is 0 Å². The zero-order chi connectivity index (χ0) is 16.7. The van der Waals surface area contributed by atoms with E-state index in [1.807, 2.05) is 27.0 Å². The van der Waals surface area contributed by atoms with E-state index in [0.29, 0.717) is 37.4 Å². The van der Waals surface area contributed by atoms with E-state index < -0.39 is 0 Å². The minimum atomic E-state index is -0.178. The zero-order valence-electron chi connectivity index (χ0n) is 14.2. The second kappa shape index (κ2) is 10.6. The van der Waals surface area contributed by atoms with E-state index >= 15 is 0 Å². The van der Waals surface area contributed by atoms with Crippen LogP contribution < -0.4 is 10.6 Å². The maximum absolute atomic E-state index is 5.43. The summed E-state index contributed by atoms with van der Waals surface area (Å²) in [6, 6.07) is 0. The second-order valence-electron chi connectivity index (χ2n) is 4.79. The lowest BCUT2D eigenvalue weighted by Crippen LogP contribution is -2.36. The van der Waals surface area contributed by atoms with E-state index in [9.17, 15) is 0 Å². The van der Waals surface area contributed by atoms with Crippen LogP contribution in [0.15, 0.2) is 15.7 Å². The van der Waals surface area contributed by atoms with Gasteiger partial charge in [-0.3, -0.25) is 4.99 Å². The number of ether oxygens (including phenoxy) is 1. The molecule has 0 aliphatic heterocycles. The number of aliphatic imine (C=N–C) groups is 1. The first-order chi connectivity index (χ1) is 11.1. The fraction of sp³-hybridized carbons (Fsp3) is 0.571. The van der Waals surface area contributed by atoms with E-state index in [4.69, 9.17) is 9.26 Å². The third-order valence-corrected chi connectivity index (χ3v) is 3.88. The molecule has 0 aliphatic rings. The van der Waals surface area contributed by atoms with Crippen LogP contribution in [0.2, 0.25) is 0 Å². The molecule has 0 amide bonds. The molecule has 0 radical (unpaired) electrons. The highest BCUT2D eigenvalue weighted by Gasteiger charge is 2.13. The fourth-order valence-electron chi connectivity index (χ4n) is 1.85. The molecular formula is C14H23IN6O2S. The fourth-order valence-corrected chi connectivity index (χ4v) is 2.58. The Morgan fingerprint density at radius 1 is 1.42 bits per heavy atom. The van der Waals surface area contributed by atoms with Crippen molar-refractivity contribution in [2.45, 2.75) is 40.0 Å². The third kappa shape index (κ3) is 6.32. The van der Waals surface area contributed by atoms with Gasteiger partial charge in [0, 0.05) is 24.7 Å². The van der Waals surface area contributed by atoms with Crippen LogP contribution >= 0.6 is 35.3 Å². The Kier molecular flexibility index (Phi) is 9.14. The van der Waals surface area contributed by atoms with Crippen LogP contribution in [0.5, 0.6) is 0 Å². The maximum atomic E-state index is 5.43. The largest absolute Gasteiger partial charge is 0.371 e. The van der Waals surface area contributed by atoms with E-state index in [0.717, 1.165) is 5.01 Å². The van der Waals surface area contributed by atoms with E-state index in [1.165, 1.54) is 4.88 Å². The van der Waals surface area contributed by atoms with Crippen molar-refractivity contribution < 1.29 is 9.26 Å². The van der Waals surface area contributed by atoms with Crippen molar-refractivity contribution in [3.05, 3.63) is 27.8 Å². The first kappa shape index (κ1) is 20.8. The average Bonchev–Trinajstić information content (AvgIpc) is 3.17. The SMILES string of the molecule is CCOC(C)c1noc(CNC(=NC)NCc2ncc(C)s2)n1.I. The number of aromatic nitrogens is 3. The quantitative estimate of drug-likeness (QED) is 0.368. The summed E-state index contributed by atoms with van der Waals surface area (Å²) in [5, 5.41) is 11.2. The summed E-state index contributed by atoms with van der Waals surface area (Å²) in [5.74, 6) is 1.68. The molecule has 0 spiro atoms. The monoisotopic (exact) mass is 466 g/mol. The lowest BCUT2D eigenvalue weighted by atomic mass is 10.4. The van der Waals surface area contributed by atoms with Gasteiger partial charge in [0.15, 0.2) is 11.8 Å². The first-order valence-corrected chi connectivity index (χ1v) is 8.24. The van der Waals surface area contributed by atoms with E-state index in [2.05, 4.69) is 30.8 Å². The van der Waals surface area contributed by atoms with Crippen LogP contribution in [0.3, 0.4) is 0 Å². The van der Waals surface area contributed by atoms with Crippen molar-refractivity contribution in [1.82, 2.24) is 25.8 Å². The van der Waals surface area contributed by atoms with Gasteiger partial charge < -0.3 is 19.9 Å². The number of nitrogens with one attached hydrogen (secondary N) is 2. The molecule has 0 aliphatic carbocycles. The van der Waals surface area contributed by atoms with Gasteiger partial charge in [-0.2, -0.15) is 4.98 Å². The minimum absolute atomic E-state index is 0. The molecule has 2 N–H and O–H groups in total. The van der Waals surface area contributed by atoms with Gasteiger partial charge in [-0.1, -0.05) is 5.16 Å². The van der Waals surface area contributed by atoms with Gasteiger partial charge in [-0.25, -0.2) is 4.98 Å². The van der Waals surface area contributed by atoms with Gasteiger partial charge in [-0.05, 0) is 20.8 Å². The highest BCUT2D eigenvalue weighted by Crippen LogP contribution is 2.12. The molecular weight excluding hydrogens is 443 g/mol. The average molecular weight is 466 g/mol. The molecule has 1 atom stereocenters. The molecule has 0 saturated carbocycles. The lowest BCUT2D eigenvalue weighted by molar-refractivity contribution is 0.0683. The lowest BCUT2D eigenvalue weighted by Gasteiger charge is -2.08. The van der Waals surface area contributed by atoms with Crippen LogP contribution in [-0.2, 0) is 17.8 Å². The topological polar surface area (TPSA) is 97.5 Å². The van der Waals surface area contributed by atoms with Crippen molar-refractivity contribution in [1.29, 1.82) is 0 Å². The Morgan fingerprint density at radius 2 is 2.17 bits per heavy atom. The normalized spacial score (nSPS) is 12.6. The summed E-state index contributed by atoms with van der Waals surface area (Å²) < 4.78 is 10.6. The van der Waals surface area contributed by atoms with Crippen molar-refractivity contribution in [2.24, 2.45) is 4.99 Å². The van der Waals surface area contributed by atoms with E-state index in [1.54, 1.807) is 18.4 Å². The molecule has 2 heterocycles. The van der Waals surface area contributed by atoms with E-state index in [-0.39, 0.29) is 30.1 Å². The number of nitrogens with zero attached hydrogens (tertiary/aromatic N) is 4. The Labute approximate surface area is 162 Å². The van der Waals surface area contributed by atoms with Crippen LogP contribution in [-0.4, -0.2) is 34.7 Å². The number of hydrogen-bond donors (Lipinski definition) is 2. The molecule has 1 unspecified atom stereocenters. The van der Waals surface area contributed by atoms with Crippen LogP contribution in [0, 0.1) is 6.92 Å². The molecule has 2 aromatic rings. The Balaban J connectivity index is 0.00000288. The summed E-state index contributed by atoms with van der Waals surface area (Å²) in [5.41, 5.74) is 0. The summed E-state index contributed by atoms with van der Waals surface area (Å²) >= 11 is 1.65. The summed E-state index contributed by atoms with van der Waals surface area (Å²) in [6.07, 6.45) is 1.68. The molecule has 10 heteroatoms. The van der Waals surface area contributed by atoms with Crippen molar-refractivity contribution in [3.63, 3.8) is 0 Å². The third-order valence-electron chi connectivity index (χ3n) is 2.97. The maximum Gasteiger partial charge on any atom is 0.246 e. The molecule has 0 aromatic carbocycles. The van der Waals surface area contributed by atoms with Crippen LogP contribution in [0.1, 0.15) is 41.6 Å². The molecule has 24 heavy (non-hydrogen) atoms. The van der Waals surface area contributed by atoms with Gasteiger partial charge in [-0.15, -0.1) is 35.3 Å². The molecule has 0 saturated heterocycles. The molecule has 0 bridgehead atoms. The number of guanidine groups is 1. The van der Waals surface area contributed by atoms with Crippen molar-refractivity contribution in [2.75, 3.05) is 13.7 Å². The predicted octanol–water partition coefficient (Wildman–Crippen LogP) is 2.42. The number of rotatable bonds is 7. The van der Waals surface area contributed by atoms with Gasteiger partial charge >= 0.3 is 0 Å². The number of thiazole rings is 1. The molecule has 8 nitrogen and oxygen atoms in total. The van der Waals surface area contributed by atoms with Gasteiger partial charge in [0.1, 0.15) is 11.1 Å². The first-order valence-electron chi connectivity index (χ1n) is 7.42. The van der Waals surface area contributed by atoms with Gasteiger partial charge in [0.2, 0.25) is 5.89 Å². The van der Waals surface area contributed by atoms with Crippen molar-refractivity contribution >= 4 is 41.3 Å². The predicted molar refractivity (Wildman–Crippen MR) is 104 cm³/mol. The molecule has 134 valence electrons. The van der Waals surface area contributed by atoms with Crippen molar-refractivity contribution in [3.8, 4) is 0 Å². The number of hydrogen-bond acceptors (Lipinski definition) is 7.